The van der Waals surface area contributed by atoms with Crippen molar-refractivity contribution >= 4 is 17.6 Å². The first-order valence-electron chi connectivity index (χ1n) is 5.08. The second-order valence-corrected chi connectivity index (χ2v) is 4.46. The Hall–Kier alpha value is -2.04. The van der Waals surface area contributed by atoms with Crippen LogP contribution < -0.4 is 10.5 Å². The lowest BCUT2D eigenvalue weighted by atomic mass is 10.2. The smallest absolute Gasteiger partial charge is 0.422 e. The number of hydrogen-bond donors (Lipinski definition) is 1. The average molecular weight is 237 g/mol. The van der Waals surface area contributed by atoms with Gasteiger partial charge < -0.3 is 15.2 Å². The molecule has 5 nitrogen and oxygen atoms in total. The third-order valence-corrected chi connectivity index (χ3v) is 1.63. The predicted octanol–water partition coefficient (Wildman–Crippen LogP) is 1.52. The van der Waals surface area contributed by atoms with Gasteiger partial charge in [-0.15, -0.1) is 0 Å². The Morgan fingerprint density at radius 1 is 1.18 bits per heavy atom. The zero-order chi connectivity index (χ0) is 13.1. The molecular weight excluding hydrogens is 222 g/mol. The van der Waals surface area contributed by atoms with Gasteiger partial charge in [0, 0.05) is 11.8 Å². The van der Waals surface area contributed by atoms with Crippen LogP contribution in [0.3, 0.4) is 0 Å². The third kappa shape index (κ3) is 4.55. The molecule has 92 valence electrons. The third-order valence-electron chi connectivity index (χ3n) is 1.63. The lowest BCUT2D eigenvalue weighted by Crippen LogP contribution is -2.31. The van der Waals surface area contributed by atoms with Crippen LogP contribution in [0.15, 0.2) is 24.3 Å². The van der Waals surface area contributed by atoms with Crippen molar-refractivity contribution in [2.45, 2.75) is 26.4 Å². The Morgan fingerprint density at radius 2 is 1.82 bits per heavy atom. The second kappa shape index (κ2) is 4.86. The van der Waals surface area contributed by atoms with Crippen molar-refractivity contribution in [1.82, 2.24) is 0 Å². The molecule has 0 aliphatic rings. The highest BCUT2D eigenvalue weighted by molar-refractivity contribution is 6.30. The molecule has 0 radical (unpaired) electrons. The molecule has 0 unspecified atom stereocenters. The molecule has 1 aromatic carbocycles. The molecule has 17 heavy (non-hydrogen) atoms. The number of rotatable bonds is 1. The van der Waals surface area contributed by atoms with Crippen molar-refractivity contribution in [3.05, 3.63) is 24.3 Å². The standard InChI is InChI=1S/C12H15NO4/c1-12(2,3)17-11(15)10(14)16-9-6-4-5-8(13)7-9/h4-7H,13H2,1-3H3. The minimum absolute atomic E-state index is 0.209. The highest BCUT2D eigenvalue weighted by atomic mass is 16.6. The summed E-state index contributed by atoms with van der Waals surface area (Å²) in [7, 11) is 0. The molecular formula is C12H15NO4. The molecule has 0 aliphatic heterocycles. The molecule has 0 saturated carbocycles. The summed E-state index contributed by atoms with van der Waals surface area (Å²) >= 11 is 0. The van der Waals surface area contributed by atoms with Crippen LogP contribution >= 0.6 is 0 Å². The summed E-state index contributed by atoms with van der Waals surface area (Å²) in [5.41, 5.74) is 5.22. The summed E-state index contributed by atoms with van der Waals surface area (Å²) < 4.78 is 9.67. The van der Waals surface area contributed by atoms with Gasteiger partial charge in [-0.05, 0) is 32.9 Å². The molecule has 1 aromatic rings. The second-order valence-electron chi connectivity index (χ2n) is 4.46. The van der Waals surface area contributed by atoms with E-state index < -0.39 is 17.5 Å². The number of ether oxygens (including phenoxy) is 2. The van der Waals surface area contributed by atoms with Crippen molar-refractivity contribution in [3.63, 3.8) is 0 Å². The van der Waals surface area contributed by atoms with E-state index >= 15 is 0 Å². The summed E-state index contributed by atoms with van der Waals surface area (Å²) in [5, 5.41) is 0. The van der Waals surface area contributed by atoms with Gasteiger partial charge in [-0.25, -0.2) is 9.59 Å². The summed E-state index contributed by atoms with van der Waals surface area (Å²) in [6, 6.07) is 6.23. The van der Waals surface area contributed by atoms with Crippen LogP contribution in [0.4, 0.5) is 5.69 Å². The van der Waals surface area contributed by atoms with Gasteiger partial charge in [0.1, 0.15) is 11.4 Å². The van der Waals surface area contributed by atoms with Gasteiger partial charge in [0.25, 0.3) is 0 Å². The van der Waals surface area contributed by atoms with Gasteiger partial charge in [0.15, 0.2) is 0 Å². The van der Waals surface area contributed by atoms with E-state index in [4.69, 9.17) is 15.2 Å². The first-order chi connectivity index (χ1) is 7.78. The van der Waals surface area contributed by atoms with Gasteiger partial charge in [0.2, 0.25) is 0 Å². The van der Waals surface area contributed by atoms with E-state index in [1.165, 1.54) is 12.1 Å². The largest absolute Gasteiger partial charge is 0.452 e. The highest BCUT2D eigenvalue weighted by Crippen LogP contribution is 2.15. The van der Waals surface area contributed by atoms with E-state index in [1.807, 2.05) is 0 Å². The molecule has 0 fully saturated rings. The molecule has 5 heteroatoms. The van der Waals surface area contributed by atoms with Crippen LogP contribution in [0.1, 0.15) is 20.8 Å². The number of carbonyl (C=O) groups is 2. The molecule has 2 N–H and O–H groups in total. The van der Waals surface area contributed by atoms with Gasteiger partial charge in [-0.2, -0.15) is 0 Å². The number of esters is 2. The number of carbonyl (C=O) groups excluding carboxylic acids is 2. The quantitative estimate of drug-likeness (QED) is 0.346. The Labute approximate surface area is 99.5 Å². The number of anilines is 1. The SMILES string of the molecule is CC(C)(C)OC(=O)C(=O)Oc1cccc(N)c1. The van der Waals surface area contributed by atoms with Crippen molar-refractivity contribution in [2.75, 3.05) is 5.73 Å². The maximum atomic E-state index is 11.4. The normalized spacial score (nSPS) is 10.8. The summed E-state index contributed by atoms with van der Waals surface area (Å²) in [4.78, 5) is 22.7. The van der Waals surface area contributed by atoms with Crippen LogP contribution in [0.2, 0.25) is 0 Å². The van der Waals surface area contributed by atoms with Gasteiger partial charge in [0.05, 0.1) is 0 Å². The Bertz CT molecular complexity index is 434. The predicted molar refractivity (Wildman–Crippen MR) is 62.3 cm³/mol. The van der Waals surface area contributed by atoms with Gasteiger partial charge in [-0.3, -0.25) is 0 Å². The highest BCUT2D eigenvalue weighted by Gasteiger charge is 2.24. The monoisotopic (exact) mass is 237 g/mol. The molecule has 0 heterocycles. The first-order valence-corrected chi connectivity index (χ1v) is 5.08. The van der Waals surface area contributed by atoms with E-state index in [-0.39, 0.29) is 5.75 Å². The van der Waals surface area contributed by atoms with E-state index in [1.54, 1.807) is 32.9 Å². The average Bonchev–Trinajstić information content (AvgIpc) is 2.14. The Balaban J connectivity index is 2.64. The van der Waals surface area contributed by atoms with Crippen molar-refractivity contribution < 1.29 is 19.1 Å². The topological polar surface area (TPSA) is 78.6 Å². The molecule has 0 bridgehead atoms. The van der Waals surface area contributed by atoms with Gasteiger partial charge in [-0.1, -0.05) is 6.07 Å². The maximum absolute atomic E-state index is 11.4. The molecule has 0 aromatic heterocycles. The van der Waals surface area contributed by atoms with E-state index in [2.05, 4.69) is 0 Å². The number of nitrogens with two attached hydrogens (primary N) is 1. The fourth-order valence-corrected chi connectivity index (χ4v) is 1.05. The first kappa shape index (κ1) is 13.0. The Morgan fingerprint density at radius 3 is 2.35 bits per heavy atom. The maximum Gasteiger partial charge on any atom is 0.422 e. The summed E-state index contributed by atoms with van der Waals surface area (Å²) in [6.45, 7) is 5.00. The number of hydrogen-bond acceptors (Lipinski definition) is 5. The molecule has 0 saturated heterocycles. The zero-order valence-electron chi connectivity index (χ0n) is 10.0. The van der Waals surface area contributed by atoms with E-state index in [0.29, 0.717) is 5.69 Å². The molecule has 0 atom stereocenters. The zero-order valence-corrected chi connectivity index (χ0v) is 10.0. The molecule has 1 rings (SSSR count). The number of benzene rings is 1. The van der Waals surface area contributed by atoms with Crippen LogP contribution in [0.25, 0.3) is 0 Å². The lowest BCUT2D eigenvalue weighted by molar-refractivity contribution is -0.169. The fraction of sp³-hybridized carbons (Fsp3) is 0.333. The van der Waals surface area contributed by atoms with Crippen LogP contribution in [0.5, 0.6) is 5.75 Å². The van der Waals surface area contributed by atoms with Gasteiger partial charge >= 0.3 is 11.9 Å². The fourth-order valence-electron chi connectivity index (χ4n) is 1.05. The summed E-state index contributed by atoms with van der Waals surface area (Å²) in [5.74, 6) is -1.88. The molecule has 0 amide bonds. The van der Waals surface area contributed by atoms with Crippen LogP contribution in [0, 0.1) is 0 Å². The minimum Gasteiger partial charge on any atom is -0.452 e. The van der Waals surface area contributed by atoms with Crippen molar-refractivity contribution in [2.24, 2.45) is 0 Å². The van der Waals surface area contributed by atoms with E-state index in [0.717, 1.165) is 0 Å². The van der Waals surface area contributed by atoms with Crippen LogP contribution in [-0.4, -0.2) is 17.5 Å². The molecule has 0 spiro atoms. The van der Waals surface area contributed by atoms with Crippen LogP contribution in [-0.2, 0) is 14.3 Å². The Kier molecular flexibility index (Phi) is 3.73. The van der Waals surface area contributed by atoms with Crippen molar-refractivity contribution in [3.8, 4) is 5.75 Å². The van der Waals surface area contributed by atoms with E-state index in [9.17, 15) is 9.59 Å². The number of nitrogen functional groups attached to an aromatic ring is 1. The summed E-state index contributed by atoms with van der Waals surface area (Å²) in [6.07, 6.45) is 0. The minimum atomic E-state index is -1.06. The lowest BCUT2D eigenvalue weighted by Gasteiger charge is -2.18. The van der Waals surface area contributed by atoms with Crippen molar-refractivity contribution in [1.29, 1.82) is 0 Å². The molecule has 0 aliphatic carbocycles.